The first kappa shape index (κ1) is 17.3. The van der Waals surface area contributed by atoms with Gasteiger partial charge in [0.1, 0.15) is 0 Å². The second-order valence-electron chi connectivity index (χ2n) is 5.77. The monoisotopic (exact) mass is 299 g/mol. The highest BCUT2D eigenvalue weighted by molar-refractivity contribution is 6.31. The van der Waals surface area contributed by atoms with Crippen molar-refractivity contribution in [3.63, 3.8) is 0 Å². The number of aryl methyl sites for hydroxylation is 1. The minimum absolute atomic E-state index is 0.179. The van der Waals surface area contributed by atoms with Crippen LogP contribution in [0.4, 0.5) is 5.69 Å². The van der Waals surface area contributed by atoms with E-state index < -0.39 is 6.10 Å². The average molecular weight is 300 g/mol. The van der Waals surface area contributed by atoms with Gasteiger partial charge in [-0.3, -0.25) is 0 Å². The van der Waals surface area contributed by atoms with Gasteiger partial charge in [-0.15, -0.1) is 0 Å². The van der Waals surface area contributed by atoms with Gasteiger partial charge < -0.3 is 15.2 Å². The second-order valence-corrected chi connectivity index (χ2v) is 6.18. The first-order valence-electron chi connectivity index (χ1n) is 7.18. The van der Waals surface area contributed by atoms with E-state index in [0.717, 1.165) is 22.7 Å². The van der Waals surface area contributed by atoms with Gasteiger partial charge in [0.15, 0.2) is 0 Å². The van der Waals surface area contributed by atoms with Crippen molar-refractivity contribution in [1.29, 1.82) is 0 Å². The molecule has 0 bridgehead atoms. The molecule has 0 aliphatic heterocycles. The summed E-state index contributed by atoms with van der Waals surface area (Å²) in [5.41, 5.74) is 1.96. The molecule has 0 amide bonds. The number of rotatable bonds is 8. The van der Waals surface area contributed by atoms with E-state index in [-0.39, 0.29) is 6.10 Å². The van der Waals surface area contributed by atoms with Gasteiger partial charge in [0.25, 0.3) is 0 Å². The molecule has 0 aliphatic carbocycles. The van der Waals surface area contributed by atoms with Crippen molar-refractivity contribution in [2.75, 3.05) is 18.5 Å². The molecular formula is C16H26ClNO2. The highest BCUT2D eigenvalue weighted by atomic mass is 35.5. The van der Waals surface area contributed by atoms with Crippen molar-refractivity contribution in [2.24, 2.45) is 5.92 Å². The Morgan fingerprint density at radius 1 is 1.30 bits per heavy atom. The fraction of sp³-hybridized carbons (Fsp3) is 0.625. The third-order valence-electron chi connectivity index (χ3n) is 3.09. The molecule has 4 heteroatoms. The number of aliphatic hydroxyl groups excluding tert-OH is 1. The zero-order chi connectivity index (χ0) is 15.1. The Bertz CT molecular complexity index is 409. The SMILES string of the molecule is Cc1ccc(NCC(O)COC(C)CC(C)C)cc1Cl. The summed E-state index contributed by atoms with van der Waals surface area (Å²) < 4.78 is 5.63. The molecule has 3 nitrogen and oxygen atoms in total. The number of hydrogen-bond acceptors (Lipinski definition) is 3. The van der Waals surface area contributed by atoms with Crippen LogP contribution in [0, 0.1) is 12.8 Å². The lowest BCUT2D eigenvalue weighted by atomic mass is 10.1. The van der Waals surface area contributed by atoms with E-state index in [9.17, 15) is 5.11 Å². The topological polar surface area (TPSA) is 41.5 Å². The summed E-state index contributed by atoms with van der Waals surface area (Å²) in [4.78, 5) is 0. The van der Waals surface area contributed by atoms with Crippen LogP contribution in [0.25, 0.3) is 0 Å². The maximum absolute atomic E-state index is 9.90. The summed E-state index contributed by atoms with van der Waals surface area (Å²) in [6.45, 7) is 9.14. The Labute approximate surface area is 127 Å². The molecule has 0 radical (unpaired) electrons. The van der Waals surface area contributed by atoms with Crippen LogP contribution in [-0.4, -0.2) is 30.5 Å². The Morgan fingerprint density at radius 2 is 2.00 bits per heavy atom. The van der Waals surface area contributed by atoms with Crippen LogP contribution >= 0.6 is 11.6 Å². The van der Waals surface area contributed by atoms with Gasteiger partial charge in [0.05, 0.1) is 18.8 Å². The van der Waals surface area contributed by atoms with Crippen LogP contribution in [0.15, 0.2) is 18.2 Å². The molecule has 1 aromatic carbocycles. The molecule has 2 atom stereocenters. The number of ether oxygens (including phenoxy) is 1. The molecule has 1 aromatic rings. The predicted octanol–water partition coefficient (Wildman–Crippen LogP) is 3.87. The average Bonchev–Trinajstić information content (AvgIpc) is 2.37. The van der Waals surface area contributed by atoms with E-state index in [0.29, 0.717) is 19.1 Å². The molecule has 0 saturated heterocycles. The van der Waals surface area contributed by atoms with Crippen LogP contribution < -0.4 is 5.32 Å². The van der Waals surface area contributed by atoms with Crippen LogP contribution in [0.2, 0.25) is 5.02 Å². The number of hydrogen-bond donors (Lipinski definition) is 2. The summed E-state index contributed by atoms with van der Waals surface area (Å²) in [6, 6.07) is 5.78. The maximum atomic E-state index is 9.90. The van der Waals surface area contributed by atoms with Gasteiger partial charge in [-0.05, 0) is 43.9 Å². The van der Waals surface area contributed by atoms with E-state index >= 15 is 0 Å². The van der Waals surface area contributed by atoms with E-state index in [1.807, 2.05) is 32.0 Å². The van der Waals surface area contributed by atoms with Gasteiger partial charge in [0.2, 0.25) is 0 Å². The molecule has 0 fully saturated rings. The first-order chi connectivity index (χ1) is 9.38. The number of halogens is 1. The number of nitrogens with one attached hydrogen (secondary N) is 1. The zero-order valence-electron chi connectivity index (χ0n) is 12.8. The zero-order valence-corrected chi connectivity index (χ0v) is 13.6. The van der Waals surface area contributed by atoms with E-state index in [1.165, 1.54) is 0 Å². The molecule has 0 heterocycles. The molecule has 0 spiro atoms. The van der Waals surface area contributed by atoms with Crippen molar-refractivity contribution in [2.45, 2.75) is 46.3 Å². The van der Waals surface area contributed by atoms with Crippen LogP contribution in [0.1, 0.15) is 32.8 Å². The van der Waals surface area contributed by atoms with Gasteiger partial charge in [-0.25, -0.2) is 0 Å². The van der Waals surface area contributed by atoms with Crippen molar-refractivity contribution >= 4 is 17.3 Å². The maximum Gasteiger partial charge on any atom is 0.0945 e. The van der Waals surface area contributed by atoms with E-state index in [2.05, 4.69) is 19.2 Å². The lowest BCUT2D eigenvalue weighted by molar-refractivity contribution is -0.00443. The largest absolute Gasteiger partial charge is 0.389 e. The summed E-state index contributed by atoms with van der Waals surface area (Å²) in [5.74, 6) is 0.606. The van der Waals surface area contributed by atoms with E-state index in [1.54, 1.807) is 0 Å². The number of anilines is 1. The summed E-state index contributed by atoms with van der Waals surface area (Å²) in [6.07, 6.45) is 0.663. The fourth-order valence-electron chi connectivity index (χ4n) is 2.00. The van der Waals surface area contributed by atoms with Gasteiger partial charge in [0, 0.05) is 17.3 Å². The van der Waals surface area contributed by atoms with Crippen LogP contribution in [-0.2, 0) is 4.74 Å². The molecular weight excluding hydrogens is 274 g/mol. The highest BCUT2D eigenvalue weighted by Gasteiger charge is 2.09. The Hall–Kier alpha value is -0.770. The lowest BCUT2D eigenvalue weighted by Gasteiger charge is -2.18. The second kappa shape index (κ2) is 8.50. The molecule has 0 aromatic heterocycles. The van der Waals surface area contributed by atoms with E-state index in [4.69, 9.17) is 16.3 Å². The quantitative estimate of drug-likeness (QED) is 0.765. The number of benzene rings is 1. The van der Waals surface area contributed by atoms with Gasteiger partial charge in [-0.2, -0.15) is 0 Å². The van der Waals surface area contributed by atoms with Crippen LogP contribution in [0.5, 0.6) is 0 Å². The Morgan fingerprint density at radius 3 is 2.60 bits per heavy atom. The molecule has 20 heavy (non-hydrogen) atoms. The van der Waals surface area contributed by atoms with Gasteiger partial charge in [-0.1, -0.05) is 31.5 Å². The lowest BCUT2D eigenvalue weighted by Crippen LogP contribution is -2.27. The highest BCUT2D eigenvalue weighted by Crippen LogP contribution is 2.19. The van der Waals surface area contributed by atoms with Gasteiger partial charge >= 0.3 is 0 Å². The smallest absolute Gasteiger partial charge is 0.0945 e. The van der Waals surface area contributed by atoms with Crippen molar-refractivity contribution in [1.82, 2.24) is 0 Å². The predicted molar refractivity (Wildman–Crippen MR) is 85.6 cm³/mol. The van der Waals surface area contributed by atoms with Crippen LogP contribution in [0.3, 0.4) is 0 Å². The molecule has 114 valence electrons. The molecule has 1 rings (SSSR count). The first-order valence-corrected chi connectivity index (χ1v) is 7.56. The standard InChI is InChI=1S/C16H26ClNO2/c1-11(2)7-13(4)20-10-15(19)9-18-14-6-5-12(3)16(17)8-14/h5-6,8,11,13,15,18-19H,7,9-10H2,1-4H3. The molecule has 0 saturated carbocycles. The summed E-state index contributed by atoms with van der Waals surface area (Å²) >= 11 is 6.05. The molecule has 2 unspecified atom stereocenters. The summed E-state index contributed by atoms with van der Waals surface area (Å²) in [7, 11) is 0. The molecule has 2 N–H and O–H groups in total. The minimum atomic E-state index is -0.523. The minimum Gasteiger partial charge on any atom is -0.389 e. The van der Waals surface area contributed by atoms with Crippen molar-refractivity contribution in [3.8, 4) is 0 Å². The van der Waals surface area contributed by atoms with Crippen molar-refractivity contribution in [3.05, 3.63) is 28.8 Å². The number of aliphatic hydroxyl groups is 1. The third-order valence-corrected chi connectivity index (χ3v) is 3.50. The fourth-order valence-corrected chi connectivity index (χ4v) is 2.19. The molecule has 0 aliphatic rings. The Balaban J connectivity index is 2.28. The third kappa shape index (κ3) is 6.60. The Kier molecular flexibility index (Phi) is 7.35. The van der Waals surface area contributed by atoms with Crippen molar-refractivity contribution < 1.29 is 9.84 Å². The normalized spacial score (nSPS) is 14.3. The summed E-state index contributed by atoms with van der Waals surface area (Å²) in [5, 5.41) is 13.8.